The molecule has 4 nitrogen and oxygen atoms in total. The summed E-state index contributed by atoms with van der Waals surface area (Å²) in [6.45, 7) is 4.01. The molecule has 0 aliphatic carbocycles. The predicted molar refractivity (Wildman–Crippen MR) is 68.6 cm³/mol. The number of nitrogens with zero attached hydrogens (tertiary/aromatic N) is 2. The first kappa shape index (κ1) is 12.5. The lowest BCUT2D eigenvalue weighted by molar-refractivity contribution is 0.213. The van der Waals surface area contributed by atoms with Crippen LogP contribution in [-0.2, 0) is 0 Å². The van der Waals surface area contributed by atoms with E-state index in [2.05, 4.69) is 9.97 Å². The molecular weight excluding hydrogens is 228 g/mol. The van der Waals surface area contributed by atoms with Crippen molar-refractivity contribution in [2.75, 3.05) is 7.11 Å². The Morgan fingerprint density at radius 1 is 1.22 bits per heavy atom. The quantitative estimate of drug-likeness (QED) is 0.899. The molecule has 1 aromatic heterocycles. The van der Waals surface area contributed by atoms with Gasteiger partial charge in [-0.3, -0.25) is 0 Å². The second-order valence-corrected chi connectivity index (χ2v) is 4.18. The van der Waals surface area contributed by atoms with Crippen LogP contribution in [0.25, 0.3) is 0 Å². The molecule has 1 aromatic carbocycles. The van der Waals surface area contributed by atoms with Gasteiger partial charge in [0.25, 0.3) is 0 Å². The van der Waals surface area contributed by atoms with Crippen LogP contribution in [0.5, 0.6) is 5.88 Å². The van der Waals surface area contributed by atoms with E-state index in [0.29, 0.717) is 11.6 Å². The lowest BCUT2D eigenvalue weighted by atomic mass is 9.97. The maximum atomic E-state index is 10.4. The Kier molecular flexibility index (Phi) is 3.58. The Bertz CT molecular complexity index is 555. The maximum Gasteiger partial charge on any atom is 0.216 e. The molecule has 0 spiro atoms. The molecule has 2 rings (SSSR count). The fraction of sp³-hybridized carbons (Fsp3) is 0.286. The third kappa shape index (κ3) is 2.33. The van der Waals surface area contributed by atoms with Gasteiger partial charge >= 0.3 is 0 Å². The molecule has 0 aliphatic heterocycles. The molecule has 1 atom stereocenters. The third-order valence-corrected chi connectivity index (χ3v) is 3.09. The number of hydrogen-bond acceptors (Lipinski definition) is 4. The van der Waals surface area contributed by atoms with Gasteiger partial charge in [0.2, 0.25) is 5.88 Å². The number of aliphatic hydroxyl groups excluding tert-OH is 1. The third-order valence-electron chi connectivity index (χ3n) is 3.09. The zero-order chi connectivity index (χ0) is 13.1. The van der Waals surface area contributed by atoms with Crippen LogP contribution in [0.3, 0.4) is 0 Å². The van der Waals surface area contributed by atoms with Gasteiger partial charge in [-0.25, -0.2) is 9.97 Å². The molecule has 0 saturated heterocycles. The first-order chi connectivity index (χ1) is 8.63. The highest BCUT2D eigenvalue weighted by Gasteiger charge is 2.15. The van der Waals surface area contributed by atoms with Crippen LogP contribution in [0.1, 0.15) is 28.5 Å². The van der Waals surface area contributed by atoms with Crippen LogP contribution in [0.4, 0.5) is 0 Å². The SMILES string of the molecule is COc1cc(C(O)c2cccc(C)c2C)ncn1. The summed E-state index contributed by atoms with van der Waals surface area (Å²) < 4.78 is 5.03. The first-order valence-corrected chi connectivity index (χ1v) is 5.73. The van der Waals surface area contributed by atoms with E-state index in [0.717, 1.165) is 16.7 Å². The number of benzene rings is 1. The van der Waals surface area contributed by atoms with Crippen LogP contribution in [0.2, 0.25) is 0 Å². The molecular formula is C14H16N2O2. The van der Waals surface area contributed by atoms with Crippen molar-refractivity contribution in [2.24, 2.45) is 0 Å². The van der Waals surface area contributed by atoms with Gasteiger partial charge in [0.1, 0.15) is 12.4 Å². The van der Waals surface area contributed by atoms with E-state index < -0.39 is 6.10 Å². The minimum Gasteiger partial charge on any atom is -0.481 e. The van der Waals surface area contributed by atoms with Crippen molar-refractivity contribution in [3.63, 3.8) is 0 Å². The summed E-state index contributed by atoms with van der Waals surface area (Å²) in [6.07, 6.45) is 0.629. The van der Waals surface area contributed by atoms with Crippen LogP contribution in [-0.4, -0.2) is 22.2 Å². The van der Waals surface area contributed by atoms with Crippen molar-refractivity contribution >= 4 is 0 Å². The summed E-state index contributed by atoms with van der Waals surface area (Å²) in [5.74, 6) is 0.448. The van der Waals surface area contributed by atoms with Crippen molar-refractivity contribution in [3.8, 4) is 5.88 Å². The van der Waals surface area contributed by atoms with Gasteiger partial charge in [0, 0.05) is 6.07 Å². The monoisotopic (exact) mass is 244 g/mol. The second-order valence-electron chi connectivity index (χ2n) is 4.18. The molecule has 0 bridgehead atoms. The lowest BCUT2D eigenvalue weighted by Crippen LogP contribution is -2.06. The Morgan fingerprint density at radius 2 is 2.00 bits per heavy atom. The minimum atomic E-state index is -0.762. The van der Waals surface area contributed by atoms with E-state index in [4.69, 9.17) is 4.74 Å². The average Bonchev–Trinajstić information content (AvgIpc) is 2.41. The molecule has 0 saturated carbocycles. The van der Waals surface area contributed by atoms with Crippen molar-refractivity contribution in [2.45, 2.75) is 20.0 Å². The van der Waals surface area contributed by atoms with E-state index in [-0.39, 0.29) is 0 Å². The normalized spacial score (nSPS) is 12.2. The smallest absolute Gasteiger partial charge is 0.216 e. The number of hydrogen-bond donors (Lipinski definition) is 1. The fourth-order valence-corrected chi connectivity index (χ4v) is 1.84. The number of methoxy groups -OCH3 is 1. The molecule has 0 fully saturated rings. The van der Waals surface area contributed by atoms with Gasteiger partial charge in [-0.15, -0.1) is 0 Å². The van der Waals surface area contributed by atoms with E-state index in [9.17, 15) is 5.11 Å². The van der Waals surface area contributed by atoms with Gasteiger partial charge in [-0.05, 0) is 30.5 Å². The summed E-state index contributed by atoms with van der Waals surface area (Å²) in [7, 11) is 1.54. The van der Waals surface area contributed by atoms with E-state index in [1.54, 1.807) is 6.07 Å². The van der Waals surface area contributed by atoms with Crippen LogP contribution >= 0.6 is 0 Å². The standard InChI is InChI=1S/C14H16N2O2/c1-9-5-4-6-11(10(9)2)14(17)12-7-13(18-3)16-8-15-12/h4-8,14,17H,1-3H3. The summed E-state index contributed by atoms with van der Waals surface area (Å²) in [4.78, 5) is 8.02. The maximum absolute atomic E-state index is 10.4. The fourth-order valence-electron chi connectivity index (χ4n) is 1.84. The first-order valence-electron chi connectivity index (χ1n) is 5.73. The average molecular weight is 244 g/mol. The second kappa shape index (κ2) is 5.14. The highest BCUT2D eigenvalue weighted by Crippen LogP contribution is 2.26. The molecule has 18 heavy (non-hydrogen) atoms. The summed E-state index contributed by atoms with van der Waals surface area (Å²) in [5, 5.41) is 10.4. The number of aliphatic hydroxyl groups is 1. The van der Waals surface area contributed by atoms with Gasteiger partial charge in [0.15, 0.2) is 0 Å². The Labute approximate surface area is 106 Å². The molecule has 0 amide bonds. The topological polar surface area (TPSA) is 55.2 Å². The van der Waals surface area contributed by atoms with Crippen molar-refractivity contribution in [3.05, 3.63) is 53.0 Å². The van der Waals surface area contributed by atoms with E-state index in [1.807, 2.05) is 32.0 Å². The van der Waals surface area contributed by atoms with Gasteiger partial charge in [-0.1, -0.05) is 18.2 Å². The molecule has 4 heteroatoms. The van der Waals surface area contributed by atoms with Gasteiger partial charge in [-0.2, -0.15) is 0 Å². The van der Waals surface area contributed by atoms with Crippen LogP contribution in [0.15, 0.2) is 30.6 Å². The number of aromatic nitrogens is 2. The van der Waals surface area contributed by atoms with Gasteiger partial charge in [0.05, 0.1) is 12.8 Å². The van der Waals surface area contributed by atoms with Gasteiger partial charge < -0.3 is 9.84 Å². The zero-order valence-electron chi connectivity index (χ0n) is 10.7. The largest absolute Gasteiger partial charge is 0.481 e. The van der Waals surface area contributed by atoms with Crippen molar-refractivity contribution < 1.29 is 9.84 Å². The molecule has 94 valence electrons. The zero-order valence-corrected chi connectivity index (χ0v) is 10.7. The summed E-state index contributed by atoms with van der Waals surface area (Å²) in [5.41, 5.74) is 3.61. The van der Waals surface area contributed by atoms with Crippen molar-refractivity contribution in [1.29, 1.82) is 0 Å². The van der Waals surface area contributed by atoms with Crippen LogP contribution in [0, 0.1) is 13.8 Å². The molecule has 0 aliphatic rings. The van der Waals surface area contributed by atoms with Crippen LogP contribution < -0.4 is 4.74 Å². The predicted octanol–water partition coefficient (Wildman–Crippen LogP) is 2.18. The number of ether oxygens (including phenoxy) is 1. The number of aryl methyl sites for hydroxylation is 1. The Morgan fingerprint density at radius 3 is 2.72 bits per heavy atom. The summed E-state index contributed by atoms with van der Waals surface area (Å²) in [6, 6.07) is 7.50. The summed E-state index contributed by atoms with van der Waals surface area (Å²) >= 11 is 0. The molecule has 2 aromatic rings. The molecule has 1 N–H and O–H groups in total. The Hall–Kier alpha value is -1.94. The van der Waals surface area contributed by atoms with E-state index in [1.165, 1.54) is 13.4 Å². The molecule has 0 radical (unpaired) electrons. The minimum absolute atomic E-state index is 0.448. The molecule has 1 unspecified atom stereocenters. The van der Waals surface area contributed by atoms with E-state index >= 15 is 0 Å². The highest BCUT2D eigenvalue weighted by atomic mass is 16.5. The molecule has 1 heterocycles. The Balaban J connectivity index is 2.41. The lowest BCUT2D eigenvalue weighted by Gasteiger charge is -2.15. The highest BCUT2D eigenvalue weighted by molar-refractivity contribution is 5.38. The number of rotatable bonds is 3. The van der Waals surface area contributed by atoms with Crippen molar-refractivity contribution in [1.82, 2.24) is 9.97 Å².